The van der Waals surface area contributed by atoms with Crippen molar-refractivity contribution < 1.29 is 28.2 Å². The van der Waals surface area contributed by atoms with Crippen LogP contribution < -0.4 is 14.2 Å². The Morgan fingerprint density at radius 3 is 2.27 bits per heavy atom. The van der Waals surface area contributed by atoms with Gasteiger partial charge in [-0.2, -0.15) is 0 Å². The standard InChI is InChI=1S/C25H31FN2O5/c1-16-13-28(17(2)12-27(16)14-19-6-8-20(26)9-7-19)24(30)15-33-23-11-21(31-4)10-22(32-5)25(23)18(3)29/h6-11,16-17H,12-15H2,1-5H3. The van der Waals surface area contributed by atoms with Gasteiger partial charge in [-0.3, -0.25) is 14.5 Å². The molecule has 1 heterocycles. The van der Waals surface area contributed by atoms with Crippen LogP contribution in [-0.2, 0) is 11.3 Å². The lowest BCUT2D eigenvalue weighted by Gasteiger charge is -2.44. The summed E-state index contributed by atoms with van der Waals surface area (Å²) in [5.41, 5.74) is 1.30. The Morgan fingerprint density at radius 1 is 1.00 bits per heavy atom. The van der Waals surface area contributed by atoms with E-state index in [0.29, 0.717) is 31.1 Å². The van der Waals surface area contributed by atoms with Crippen LogP contribution >= 0.6 is 0 Å². The number of halogens is 1. The molecule has 1 aliphatic rings. The summed E-state index contributed by atoms with van der Waals surface area (Å²) in [6.45, 7) is 7.21. The SMILES string of the molecule is COc1cc(OC)c(C(C)=O)c(OCC(=O)N2CC(C)N(Cc3ccc(F)cc3)CC2C)c1. The van der Waals surface area contributed by atoms with Crippen molar-refractivity contribution in [3.05, 3.63) is 53.3 Å². The minimum absolute atomic E-state index is 0.0233. The monoisotopic (exact) mass is 458 g/mol. The van der Waals surface area contributed by atoms with Gasteiger partial charge in [0.15, 0.2) is 12.4 Å². The fraction of sp³-hybridized carbons (Fsp3) is 0.440. The first-order valence-electron chi connectivity index (χ1n) is 10.9. The molecule has 0 aromatic heterocycles. The Balaban J connectivity index is 1.67. The normalized spacial score (nSPS) is 18.7. The van der Waals surface area contributed by atoms with E-state index in [-0.39, 0.29) is 47.5 Å². The number of methoxy groups -OCH3 is 2. The van der Waals surface area contributed by atoms with Crippen LogP contribution in [0.4, 0.5) is 4.39 Å². The summed E-state index contributed by atoms with van der Waals surface area (Å²) in [6.07, 6.45) is 0. The number of nitrogens with zero attached hydrogens (tertiary/aromatic N) is 2. The van der Waals surface area contributed by atoms with Crippen LogP contribution in [0.25, 0.3) is 0 Å². The second-order valence-corrected chi connectivity index (χ2v) is 8.35. The first-order valence-corrected chi connectivity index (χ1v) is 10.9. The highest BCUT2D eigenvalue weighted by molar-refractivity contribution is 6.00. The lowest BCUT2D eigenvalue weighted by Crippen LogP contribution is -2.58. The van der Waals surface area contributed by atoms with Gasteiger partial charge in [0.1, 0.15) is 28.6 Å². The van der Waals surface area contributed by atoms with E-state index in [1.54, 1.807) is 29.2 Å². The fourth-order valence-electron chi connectivity index (χ4n) is 4.12. The van der Waals surface area contributed by atoms with Gasteiger partial charge in [0.2, 0.25) is 0 Å². The summed E-state index contributed by atoms with van der Waals surface area (Å²) < 4.78 is 29.6. The van der Waals surface area contributed by atoms with E-state index in [0.717, 1.165) is 5.56 Å². The average molecular weight is 459 g/mol. The molecule has 1 amide bonds. The molecule has 0 saturated carbocycles. The molecule has 0 aliphatic carbocycles. The van der Waals surface area contributed by atoms with E-state index >= 15 is 0 Å². The zero-order valence-electron chi connectivity index (χ0n) is 19.8. The molecule has 3 rings (SSSR count). The maximum absolute atomic E-state index is 13.2. The van der Waals surface area contributed by atoms with Crippen LogP contribution in [0.3, 0.4) is 0 Å². The molecule has 1 aliphatic heterocycles. The topological polar surface area (TPSA) is 68.3 Å². The molecule has 2 unspecified atom stereocenters. The van der Waals surface area contributed by atoms with Gasteiger partial charge in [-0.15, -0.1) is 0 Å². The minimum Gasteiger partial charge on any atom is -0.496 e. The van der Waals surface area contributed by atoms with Gasteiger partial charge < -0.3 is 19.1 Å². The minimum atomic E-state index is -0.253. The van der Waals surface area contributed by atoms with E-state index in [4.69, 9.17) is 14.2 Å². The smallest absolute Gasteiger partial charge is 0.260 e. The number of hydrogen-bond acceptors (Lipinski definition) is 6. The quantitative estimate of drug-likeness (QED) is 0.564. The zero-order valence-corrected chi connectivity index (χ0v) is 19.8. The first kappa shape index (κ1) is 24.5. The van der Waals surface area contributed by atoms with Gasteiger partial charge >= 0.3 is 0 Å². The summed E-state index contributed by atoms with van der Waals surface area (Å²) in [5, 5.41) is 0. The highest BCUT2D eigenvalue weighted by atomic mass is 19.1. The lowest BCUT2D eigenvalue weighted by molar-refractivity contribution is -0.139. The third-order valence-corrected chi connectivity index (χ3v) is 5.93. The van der Waals surface area contributed by atoms with Crippen molar-refractivity contribution in [2.24, 2.45) is 0 Å². The number of carbonyl (C=O) groups excluding carboxylic acids is 2. The van der Waals surface area contributed by atoms with Crippen molar-refractivity contribution in [1.82, 2.24) is 9.80 Å². The summed E-state index contributed by atoms with van der Waals surface area (Å²) in [5.74, 6) is 0.414. The van der Waals surface area contributed by atoms with Crippen molar-refractivity contribution >= 4 is 11.7 Å². The molecule has 2 atom stereocenters. The van der Waals surface area contributed by atoms with Gasteiger partial charge in [0.05, 0.1) is 14.2 Å². The molecule has 0 N–H and O–H groups in total. The van der Waals surface area contributed by atoms with Crippen LogP contribution in [0.15, 0.2) is 36.4 Å². The van der Waals surface area contributed by atoms with E-state index in [1.165, 1.54) is 33.3 Å². The number of ketones is 1. The predicted octanol–water partition coefficient (Wildman–Crippen LogP) is 3.55. The van der Waals surface area contributed by atoms with Gasteiger partial charge in [-0.05, 0) is 38.5 Å². The molecular formula is C25H31FN2O5. The van der Waals surface area contributed by atoms with Crippen LogP contribution in [0.2, 0.25) is 0 Å². The fourth-order valence-corrected chi connectivity index (χ4v) is 4.12. The molecule has 33 heavy (non-hydrogen) atoms. The third kappa shape index (κ3) is 5.82. The molecule has 1 fully saturated rings. The lowest BCUT2D eigenvalue weighted by atomic mass is 10.1. The summed E-state index contributed by atoms with van der Waals surface area (Å²) in [4.78, 5) is 29.3. The highest BCUT2D eigenvalue weighted by Gasteiger charge is 2.32. The van der Waals surface area contributed by atoms with E-state index < -0.39 is 0 Å². The van der Waals surface area contributed by atoms with Gasteiger partial charge in [-0.25, -0.2) is 4.39 Å². The Hall–Kier alpha value is -3.13. The average Bonchev–Trinajstić information content (AvgIpc) is 2.80. The molecule has 0 spiro atoms. The number of ether oxygens (including phenoxy) is 3. The summed E-state index contributed by atoms with van der Waals surface area (Å²) >= 11 is 0. The first-order chi connectivity index (χ1) is 15.7. The van der Waals surface area contributed by atoms with Gasteiger partial charge in [0.25, 0.3) is 5.91 Å². The Labute approximate surface area is 194 Å². The number of rotatable bonds is 8. The van der Waals surface area contributed by atoms with Gasteiger partial charge in [-0.1, -0.05) is 12.1 Å². The van der Waals surface area contributed by atoms with Crippen molar-refractivity contribution in [2.45, 2.75) is 39.4 Å². The molecular weight excluding hydrogens is 427 g/mol. The molecule has 2 aromatic carbocycles. The Kier molecular flexibility index (Phi) is 7.92. The van der Waals surface area contributed by atoms with Gasteiger partial charge in [0, 0.05) is 43.9 Å². The zero-order chi connectivity index (χ0) is 24.1. The maximum Gasteiger partial charge on any atom is 0.260 e. The number of Topliss-reactive ketones (excluding diaryl/α,β-unsaturated/α-hetero) is 1. The van der Waals surface area contributed by atoms with E-state index in [9.17, 15) is 14.0 Å². The Morgan fingerprint density at radius 2 is 1.67 bits per heavy atom. The highest BCUT2D eigenvalue weighted by Crippen LogP contribution is 2.34. The van der Waals surface area contributed by atoms with Crippen LogP contribution in [0, 0.1) is 5.82 Å². The number of carbonyl (C=O) groups is 2. The second-order valence-electron chi connectivity index (χ2n) is 8.35. The number of piperazine rings is 1. The molecule has 8 heteroatoms. The van der Waals surface area contributed by atoms with Crippen LogP contribution in [0.5, 0.6) is 17.2 Å². The molecule has 1 saturated heterocycles. The summed E-state index contributed by atoms with van der Waals surface area (Å²) in [7, 11) is 2.97. The van der Waals surface area contributed by atoms with Crippen molar-refractivity contribution in [3.63, 3.8) is 0 Å². The van der Waals surface area contributed by atoms with Crippen LogP contribution in [0.1, 0.15) is 36.7 Å². The van der Waals surface area contributed by atoms with Crippen molar-refractivity contribution in [3.8, 4) is 17.2 Å². The van der Waals surface area contributed by atoms with Crippen molar-refractivity contribution in [2.75, 3.05) is 33.9 Å². The summed E-state index contributed by atoms with van der Waals surface area (Å²) in [6, 6.07) is 9.78. The maximum atomic E-state index is 13.2. The third-order valence-electron chi connectivity index (χ3n) is 5.93. The molecule has 2 aromatic rings. The molecule has 7 nitrogen and oxygen atoms in total. The number of amides is 1. The molecule has 0 radical (unpaired) electrons. The second kappa shape index (κ2) is 10.7. The van der Waals surface area contributed by atoms with Crippen molar-refractivity contribution in [1.29, 1.82) is 0 Å². The van der Waals surface area contributed by atoms with E-state index in [1.807, 2.05) is 6.92 Å². The number of benzene rings is 2. The van der Waals surface area contributed by atoms with Crippen LogP contribution in [-0.4, -0.2) is 67.5 Å². The molecule has 0 bridgehead atoms. The number of hydrogen-bond donors (Lipinski definition) is 0. The Bertz CT molecular complexity index is 995. The molecule has 178 valence electrons. The predicted molar refractivity (Wildman–Crippen MR) is 122 cm³/mol. The van der Waals surface area contributed by atoms with E-state index in [2.05, 4.69) is 11.8 Å². The largest absolute Gasteiger partial charge is 0.496 e.